The molecule has 0 bridgehead atoms. The van der Waals surface area contributed by atoms with Crippen molar-refractivity contribution in [3.8, 4) is 11.5 Å². The second-order valence-corrected chi connectivity index (χ2v) is 5.01. The zero-order valence-electron chi connectivity index (χ0n) is 11.9. The quantitative estimate of drug-likeness (QED) is 0.937. The number of rotatable bonds is 4. The van der Waals surface area contributed by atoms with E-state index < -0.39 is 0 Å². The Balaban J connectivity index is 1.92. The Labute approximate surface area is 123 Å². The molecule has 1 aliphatic heterocycles. The molecule has 1 aliphatic rings. The number of likely N-dealkylation sites (N-methyl/N-ethyl adjacent to an activating group) is 1. The summed E-state index contributed by atoms with van der Waals surface area (Å²) >= 11 is 0. The minimum absolute atomic E-state index is 0.0291. The van der Waals surface area contributed by atoms with Gasteiger partial charge in [0.1, 0.15) is 19.0 Å². The Morgan fingerprint density at radius 2 is 1.90 bits per heavy atom. The summed E-state index contributed by atoms with van der Waals surface area (Å²) in [6.45, 7) is 1.11. The Kier molecular flexibility index (Phi) is 4.06. The van der Waals surface area contributed by atoms with Gasteiger partial charge < -0.3 is 14.8 Å². The van der Waals surface area contributed by atoms with E-state index in [9.17, 15) is 4.39 Å². The van der Waals surface area contributed by atoms with Crippen molar-refractivity contribution in [3.05, 3.63) is 59.4 Å². The molecule has 110 valence electrons. The van der Waals surface area contributed by atoms with Gasteiger partial charge in [-0.3, -0.25) is 0 Å². The van der Waals surface area contributed by atoms with E-state index in [4.69, 9.17) is 9.47 Å². The van der Waals surface area contributed by atoms with Crippen LogP contribution in [0, 0.1) is 5.82 Å². The highest BCUT2D eigenvalue weighted by molar-refractivity contribution is 5.49. The molecule has 0 aliphatic carbocycles. The van der Waals surface area contributed by atoms with E-state index in [2.05, 4.69) is 5.32 Å². The summed E-state index contributed by atoms with van der Waals surface area (Å²) in [7, 11) is 1.87. The second kappa shape index (κ2) is 6.14. The zero-order valence-corrected chi connectivity index (χ0v) is 11.9. The number of ether oxygens (including phenoxy) is 2. The van der Waals surface area contributed by atoms with Crippen LogP contribution in [0.3, 0.4) is 0 Å². The number of nitrogens with one attached hydrogen (secondary N) is 1. The molecule has 0 aromatic heterocycles. The molecule has 1 atom stereocenters. The van der Waals surface area contributed by atoms with Crippen molar-refractivity contribution in [2.45, 2.75) is 12.5 Å². The molecule has 4 heteroatoms. The summed E-state index contributed by atoms with van der Waals surface area (Å²) in [6, 6.07) is 12.7. The van der Waals surface area contributed by atoms with Crippen LogP contribution in [0.2, 0.25) is 0 Å². The van der Waals surface area contributed by atoms with Gasteiger partial charge in [-0.1, -0.05) is 30.3 Å². The van der Waals surface area contributed by atoms with Crippen LogP contribution in [-0.2, 0) is 6.42 Å². The number of halogens is 1. The fraction of sp³-hybridized carbons (Fsp3) is 0.294. The van der Waals surface area contributed by atoms with Crippen LogP contribution >= 0.6 is 0 Å². The average molecular weight is 287 g/mol. The van der Waals surface area contributed by atoms with Gasteiger partial charge in [-0.25, -0.2) is 4.39 Å². The fourth-order valence-electron chi connectivity index (χ4n) is 2.62. The van der Waals surface area contributed by atoms with Gasteiger partial charge >= 0.3 is 0 Å². The molecule has 1 unspecified atom stereocenters. The summed E-state index contributed by atoms with van der Waals surface area (Å²) in [6.07, 6.45) is 0.559. The molecular formula is C17H18FNO2. The molecule has 3 rings (SSSR count). The molecule has 1 N–H and O–H groups in total. The maximum absolute atomic E-state index is 13.9. The van der Waals surface area contributed by atoms with E-state index in [0.717, 1.165) is 17.1 Å². The molecular weight excluding hydrogens is 269 g/mol. The zero-order chi connectivity index (χ0) is 14.7. The number of hydrogen-bond acceptors (Lipinski definition) is 3. The third-order valence-corrected chi connectivity index (χ3v) is 3.70. The van der Waals surface area contributed by atoms with Crippen LogP contribution in [0.4, 0.5) is 4.39 Å². The monoisotopic (exact) mass is 287 g/mol. The van der Waals surface area contributed by atoms with Crippen LogP contribution < -0.4 is 14.8 Å². The van der Waals surface area contributed by atoms with E-state index in [1.807, 2.05) is 37.4 Å². The Bertz CT molecular complexity index is 630. The maximum Gasteiger partial charge on any atom is 0.166 e. The summed E-state index contributed by atoms with van der Waals surface area (Å²) in [5, 5.41) is 3.24. The van der Waals surface area contributed by atoms with Crippen LogP contribution in [0.15, 0.2) is 42.5 Å². The predicted molar refractivity (Wildman–Crippen MR) is 79.3 cm³/mol. The van der Waals surface area contributed by atoms with Crippen molar-refractivity contribution in [1.29, 1.82) is 0 Å². The molecule has 2 aromatic carbocycles. The van der Waals surface area contributed by atoms with E-state index in [0.29, 0.717) is 25.2 Å². The van der Waals surface area contributed by atoms with Crippen molar-refractivity contribution in [2.24, 2.45) is 0 Å². The van der Waals surface area contributed by atoms with Crippen LogP contribution in [0.5, 0.6) is 11.5 Å². The number of benzene rings is 2. The van der Waals surface area contributed by atoms with Gasteiger partial charge in [0, 0.05) is 11.6 Å². The van der Waals surface area contributed by atoms with Crippen molar-refractivity contribution in [1.82, 2.24) is 5.32 Å². The predicted octanol–water partition coefficient (Wildman–Crippen LogP) is 3.10. The molecule has 21 heavy (non-hydrogen) atoms. The molecule has 3 nitrogen and oxygen atoms in total. The van der Waals surface area contributed by atoms with Gasteiger partial charge in [0.05, 0.1) is 0 Å². The van der Waals surface area contributed by atoms with E-state index in [1.165, 1.54) is 6.07 Å². The third-order valence-electron chi connectivity index (χ3n) is 3.70. The molecule has 0 fully saturated rings. The first-order chi connectivity index (χ1) is 10.3. The standard InChI is InChI=1S/C17H18FNO2/c1-19-15(11-12-5-2-3-7-14(12)18)13-6-4-8-16-17(13)21-10-9-20-16/h2-8,15,19H,9-11H2,1H3. The van der Waals surface area contributed by atoms with Gasteiger partial charge in [0.15, 0.2) is 11.5 Å². The van der Waals surface area contributed by atoms with Crippen molar-refractivity contribution in [3.63, 3.8) is 0 Å². The van der Waals surface area contributed by atoms with Gasteiger partial charge in [0.25, 0.3) is 0 Å². The molecule has 0 amide bonds. The van der Waals surface area contributed by atoms with Crippen molar-refractivity contribution < 1.29 is 13.9 Å². The van der Waals surface area contributed by atoms with Crippen LogP contribution in [0.1, 0.15) is 17.2 Å². The van der Waals surface area contributed by atoms with Gasteiger partial charge in [-0.15, -0.1) is 0 Å². The number of hydrogen-bond donors (Lipinski definition) is 1. The highest BCUT2D eigenvalue weighted by Crippen LogP contribution is 2.37. The largest absolute Gasteiger partial charge is 0.486 e. The highest BCUT2D eigenvalue weighted by atomic mass is 19.1. The molecule has 0 saturated carbocycles. The fourth-order valence-corrected chi connectivity index (χ4v) is 2.62. The normalized spacial score (nSPS) is 14.8. The maximum atomic E-state index is 13.9. The topological polar surface area (TPSA) is 30.5 Å². The van der Waals surface area contributed by atoms with Gasteiger partial charge in [0.2, 0.25) is 0 Å². The van der Waals surface area contributed by atoms with Gasteiger partial charge in [-0.05, 0) is 31.2 Å². The number of para-hydroxylation sites is 1. The smallest absolute Gasteiger partial charge is 0.166 e. The SMILES string of the molecule is CNC(Cc1ccccc1F)c1cccc2c1OCCO2. The van der Waals surface area contributed by atoms with E-state index >= 15 is 0 Å². The third kappa shape index (κ3) is 2.85. The van der Waals surface area contributed by atoms with E-state index in [1.54, 1.807) is 6.07 Å². The Morgan fingerprint density at radius 1 is 1.10 bits per heavy atom. The first kappa shape index (κ1) is 13.9. The second-order valence-electron chi connectivity index (χ2n) is 5.01. The lowest BCUT2D eigenvalue weighted by molar-refractivity contribution is 0.168. The lowest BCUT2D eigenvalue weighted by Gasteiger charge is -2.25. The summed E-state index contributed by atoms with van der Waals surface area (Å²) in [5.41, 5.74) is 1.68. The molecule has 2 aromatic rings. The molecule has 1 heterocycles. The number of fused-ring (bicyclic) bond motifs is 1. The van der Waals surface area contributed by atoms with Crippen molar-refractivity contribution >= 4 is 0 Å². The molecule has 0 radical (unpaired) electrons. The average Bonchev–Trinajstić information content (AvgIpc) is 2.54. The Morgan fingerprint density at radius 3 is 2.71 bits per heavy atom. The van der Waals surface area contributed by atoms with E-state index in [-0.39, 0.29) is 11.9 Å². The molecule has 0 spiro atoms. The summed E-state index contributed by atoms with van der Waals surface area (Å²) in [4.78, 5) is 0. The summed E-state index contributed by atoms with van der Waals surface area (Å²) < 4.78 is 25.2. The molecule has 0 saturated heterocycles. The summed E-state index contributed by atoms with van der Waals surface area (Å²) in [5.74, 6) is 1.34. The minimum Gasteiger partial charge on any atom is -0.486 e. The van der Waals surface area contributed by atoms with Crippen molar-refractivity contribution in [2.75, 3.05) is 20.3 Å². The first-order valence-corrected chi connectivity index (χ1v) is 7.09. The highest BCUT2D eigenvalue weighted by Gasteiger charge is 2.22. The lowest BCUT2D eigenvalue weighted by atomic mass is 9.97. The van der Waals surface area contributed by atoms with Crippen LogP contribution in [-0.4, -0.2) is 20.3 Å². The first-order valence-electron chi connectivity index (χ1n) is 7.09. The van der Waals surface area contributed by atoms with Crippen LogP contribution in [0.25, 0.3) is 0 Å². The Hall–Kier alpha value is -2.07. The van der Waals surface area contributed by atoms with Gasteiger partial charge in [-0.2, -0.15) is 0 Å². The lowest BCUT2D eigenvalue weighted by Crippen LogP contribution is -2.23. The minimum atomic E-state index is -0.181.